The summed E-state index contributed by atoms with van der Waals surface area (Å²) in [6.07, 6.45) is 3.44. The summed E-state index contributed by atoms with van der Waals surface area (Å²) in [5, 5.41) is 4.03. The maximum absolute atomic E-state index is 6.02. The van der Waals surface area contributed by atoms with E-state index in [9.17, 15) is 0 Å². The summed E-state index contributed by atoms with van der Waals surface area (Å²) >= 11 is 6.02. The Balaban J connectivity index is 1.54. The molecule has 3 aromatic rings. The molecular weight excluding hydrogens is 328 g/mol. The van der Waals surface area contributed by atoms with Crippen LogP contribution >= 0.6 is 11.6 Å². The molecule has 0 bridgehead atoms. The van der Waals surface area contributed by atoms with E-state index in [1.807, 2.05) is 24.3 Å². The second-order valence-electron chi connectivity index (χ2n) is 5.66. The third-order valence-corrected chi connectivity index (χ3v) is 4.25. The number of nitrogens with one attached hydrogen (secondary N) is 1. The van der Waals surface area contributed by atoms with E-state index >= 15 is 0 Å². The number of piperazine rings is 1. The molecule has 7 heteroatoms. The van der Waals surface area contributed by atoms with Crippen LogP contribution < -0.4 is 15.0 Å². The van der Waals surface area contributed by atoms with Gasteiger partial charge in [-0.3, -0.25) is 4.98 Å². The standard InChI is InChI=1S/C17H17ClN4O2/c18-12-3-4-15-16(8-12)24-17(21-15)22-7-6-20-9-13(22)11-23-14-2-1-5-19-10-14/h1-5,8,10,13,20H,6-7,9,11H2. The molecule has 24 heavy (non-hydrogen) atoms. The van der Waals surface area contributed by atoms with Crippen molar-refractivity contribution in [1.29, 1.82) is 0 Å². The van der Waals surface area contributed by atoms with Crippen LogP contribution in [-0.2, 0) is 0 Å². The number of aromatic nitrogens is 2. The lowest BCUT2D eigenvalue weighted by Gasteiger charge is -2.34. The topological polar surface area (TPSA) is 63.4 Å². The Morgan fingerprint density at radius 3 is 3.21 bits per heavy atom. The molecule has 3 heterocycles. The zero-order valence-electron chi connectivity index (χ0n) is 13.0. The predicted octanol–water partition coefficient (Wildman–Crippen LogP) is 2.73. The minimum absolute atomic E-state index is 0.127. The van der Waals surface area contributed by atoms with E-state index in [-0.39, 0.29) is 6.04 Å². The van der Waals surface area contributed by atoms with E-state index in [1.54, 1.807) is 18.5 Å². The van der Waals surface area contributed by atoms with Gasteiger partial charge in [-0.1, -0.05) is 11.6 Å². The average Bonchev–Trinajstić information content (AvgIpc) is 3.04. The van der Waals surface area contributed by atoms with Crippen molar-refractivity contribution in [2.45, 2.75) is 6.04 Å². The highest BCUT2D eigenvalue weighted by Crippen LogP contribution is 2.26. The fourth-order valence-electron chi connectivity index (χ4n) is 2.80. The van der Waals surface area contributed by atoms with Crippen LogP contribution in [0.3, 0.4) is 0 Å². The first-order chi connectivity index (χ1) is 11.8. The van der Waals surface area contributed by atoms with Crippen LogP contribution in [0.1, 0.15) is 0 Å². The van der Waals surface area contributed by atoms with E-state index < -0.39 is 0 Å². The summed E-state index contributed by atoms with van der Waals surface area (Å²) in [4.78, 5) is 10.8. The third kappa shape index (κ3) is 3.16. The first-order valence-corrected chi connectivity index (χ1v) is 8.24. The van der Waals surface area contributed by atoms with Gasteiger partial charge in [-0.2, -0.15) is 4.98 Å². The lowest BCUT2D eigenvalue weighted by Crippen LogP contribution is -2.54. The smallest absolute Gasteiger partial charge is 0.298 e. The Labute approximate surface area is 144 Å². The number of fused-ring (bicyclic) bond motifs is 1. The molecule has 2 aromatic heterocycles. The van der Waals surface area contributed by atoms with Gasteiger partial charge in [0.05, 0.1) is 12.2 Å². The maximum Gasteiger partial charge on any atom is 0.298 e. The van der Waals surface area contributed by atoms with Crippen molar-refractivity contribution >= 4 is 28.7 Å². The van der Waals surface area contributed by atoms with Gasteiger partial charge >= 0.3 is 0 Å². The minimum Gasteiger partial charge on any atom is -0.490 e. The van der Waals surface area contributed by atoms with E-state index in [2.05, 4.69) is 20.2 Å². The van der Waals surface area contributed by atoms with Crippen molar-refractivity contribution in [3.63, 3.8) is 0 Å². The fourth-order valence-corrected chi connectivity index (χ4v) is 2.96. The summed E-state index contributed by atoms with van der Waals surface area (Å²) in [6.45, 7) is 3.02. The van der Waals surface area contributed by atoms with Gasteiger partial charge in [0.2, 0.25) is 0 Å². The number of hydrogen-bond donors (Lipinski definition) is 1. The Hall–Kier alpha value is -2.31. The quantitative estimate of drug-likeness (QED) is 0.785. The molecule has 1 aliphatic heterocycles. The summed E-state index contributed by atoms with van der Waals surface area (Å²) in [5.74, 6) is 0.757. The number of nitrogens with zero attached hydrogens (tertiary/aromatic N) is 3. The first-order valence-electron chi connectivity index (χ1n) is 7.86. The highest BCUT2D eigenvalue weighted by atomic mass is 35.5. The third-order valence-electron chi connectivity index (χ3n) is 4.01. The van der Waals surface area contributed by atoms with Crippen molar-refractivity contribution in [3.8, 4) is 5.75 Å². The predicted molar refractivity (Wildman–Crippen MR) is 92.8 cm³/mol. The molecule has 4 rings (SSSR count). The van der Waals surface area contributed by atoms with E-state index in [4.69, 9.17) is 20.8 Å². The maximum atomic E-state index is 6.02. The van der Waals surface area contributed by atoms with Crippen molar-refractivity contribution in [1.82, 2.24) is 15.3 Å². The highest BCUT2D eigenvalue weighted by molar-refractivity contribution is 6.31. The number of benzene rings is 1. The Morgan fingerprint density at radius 1 is 1.38 bits per heavy atom. The molecule has 0 spiro atoms. The molecule has 1 unspecified atom stereocenters. The lowest BCUT2D eigenvalue weighted by atomic mass is 10.2. The zero-order valence-corrected chi connectivity index (χ0v) is 13.7. The van der Waals surface area contributed by atoms with Gasteiger partial charge in [0.15, 0.2) is 5.58 Å². The van der Waals surface area contributed by atoms with Crippen molar-refractivity contribution in [3.05, 3.63) is 47.7 Å². The number of oxazole rings is 1. The van der Waals surface area contributed by atoms with Crippen LogP contribution in [-0.4, -0.2) is 42.3 Å². The number of halogens is 1. The molecule has 124 valence electrons. The van der Waals surface area contributed by atoms with Crippen molar-refractivity contribution in [2.75, 3.05) is 31.1 Å². The molecular formula is C17H17ClN4O2. The summed E-state index contributed by atoms with van der Waals surface area (Å²) in [7, 11) is 0. The van der Waals surface area contributed by atoms with Crippen molar-refractivity contribution < 1.29 is 9.15 Å². The summed E-state index contributed by atoms with van der Waals surface area (Å²) in [5.41, 5.74) is 1.50. The van der Waals surface area contributed by atoms with Crippen LogP contribution in [0.4, 0.5) is 6.01 Å². The SMILES string of the molecule is Clc1ccc2nc(N3CCNCC3COc3cccnc3)oc2c1. The highest BCUT2D eigenvalue weighted by Gasteiger charge is 2.27. The largest absolute Gasteiger partial charge is 0.490 e. The molecule has 0 radical (unpaired) electrons. The zero-order chi connectivity index (χ0) is 16.4. The van der Waals surface area contributed by atoms with Gasteiger partial charge in [-0.15, -0.1) is 0 Å². The molecule has 0 amide bonds. The Bertz CT molecular complexity index is 824. The Morgan fingerprint density at radius 2 is 2.33 bits per heavy atom. The van der Waals surface area contributed by atoms with Gasteiger partial charge in [0.25, 0.3) is 6.01 Å². The van der Waals surface area contributed by atoms with Crippen LogP contribution in [0.5, 0.6) is 5.75 Å². The van der Waals surface area contributed by atoms with E-state index in [0.717, 1.165) is 30.9 Å². The summed E-state index contributed by atoms with van der Waals surface area (Å²) < 4.78 is 11.8. The minimum atomic E-state index is 0.127. The van der Waals surface area contributed by atoms with Gasteiger partial charge in [0, 0.05) is 36.9 Å². The van der Waals surface area contributed by atoms with Crippen molar-refractivity contribution in [2.24, 2.45) is 0 Å². The molecule has 6 nitrogen and oxygen atoms in total. The van der Waals surface area contributed by atoms with Crippen LogP contribution in [0.2, 0.25) is 5.02 Å². The molecule has 1 aromatic carbocycles. The molecule has 1 saturated heterocycles. The second-order valence-corrected chi connectivity index (χ2v) is 6.10. The van der Waals surface area contributed by atoms with Crippen LogP contribution in [0.25, 0.3) is 11.1 Å². The second kappa shape index (κ2) is 6.67. The fraction of sp³-hybridized carbons (Fsp3) is 0.294. The molecule has 0 aliphatic carbocycles. The van der Waals surface area contributed by atoms with Gasteiger partial charge in [-0.05, 0) is 24.3 Å². The normalized spacial score (nSPS) is 18.0. The first kappa shape index (κ1) is 15.2. The average molecular weight is 345 g/mol. The van der Waals surface area contributed by atoms with Gasteiger partial charge in [0.1, 0.15) is 17.9 Å². The van der Waals surface area contributed by atoms with Gasteiger partial charge < -0.3 is 19.4 Å². The van der Waals surface area contributed by atoms with Crippen LogP contribution in [0, 0.1) is 0 Å². The molecule has 1 fully saturated rings. The number of anilines is 1. The number of rotatable bonds is 4. The Kier molecular flexibility index (Phi) is 4.23. The molecule has 1 aliphatic rings. The lowest BCUT2D eigenvalue weighted by molar-refractivity contribution is 0.261. The van der Waals surface area contributed by atoms with E-state index in [0.29, 0.717) is 23.2 Å². The van der Waals surface area contributed by atoms with Crippen LogP contribution in [0.15, 0.2) is 47.1 Å². The summed E-state index contributed by atoms with van der Waals surface area (Å²) in [6, 6.07) is 9.96. The molecule has 1 N–H and O–H groups in total. The van der Waals surface area contributed by atoms with Gasteiger partial charge in [-0.25, -0.2) is 0 Å². The van der Waals surface area contributed by atoms with E-state index in [1.165, 1.54) is 0 Å². The monoisotopic (exact) mass is 344 g/mol. The molecule has 1 atom stereocenters. The number of pyridine rings is 1. The number of hydrogen-bond acceptors (Lipinski definition) is 6. The molecule has 0 saturated carbocycles. The number of ether oxygens (including phenoxy) is 1.